The van der Waals surface area contributed by atoms with Crippen LogP contribution < -0.4 is 0 Å². The van der Waals surface area contributed by atoms with Gasteiger partial charge in [-0.2, -0.15) is 0 Å². The van der Waals surface area contributed by atoms with E-state index in [-0.39, 0.29) is 5.91 Å². The molecule has 19 heavy (non-hydrogen) atoms. The quantitative estimate of drug-likeness (QED) is 0.836. The molecule has 0 aliphatic carbocycles. The zero-order valence-corrected chi connectivity index (χ0v) is 13.3. The Balaban J connectivity index is 2.51. The Morgan fingerprint density at radius 1 is 1.32 bits per heavy atom. The fourth-order valence-corrected chi connectivity index (χ4v) is 3.39. The molecule has 0 spiro atoms. The van der Waals surface area contributed by atoms with Crippen molar-refractivity contribution in [2.45, 2.75) is 25.2 Å². The Labute approximate surface area is 123 Å². The lowest BCUT2D eigenvalue weighted by Crippen LogP contribution is -2.47. The standard InChI is InChI=1S/C15H20BrNO2/c1-11-10-12(16)4-5-13(11)15(14(18)17(2)3)6-8-19-9-7-15/h4-5,10H,6-9H2,1-3H3. The molecule has 1 aromatic rings. The highest BCUT2D eigenvalue weighted by molar-refractivity contribution is 9.10. The maximum absolute atomic E-state index is 12.7. The monoisotopic (exact) mass is 325 g/mol. The summed E-state index contributed by atoms with van der Waals surface area (Å²) in [5, 5.41) is 0. The molecular weight excluding hydrogens is 306 g/mol. The Hall–Kier alpha value is -0.870. The molecule has 2 rings (SSSR count). The number of hydrogen-bond acceptors (Lipinski definition) is 2. The summed E-state index contributed by atoms with van der Waals surface area (Å²) in [5.74, 6) is 0.182. The zero-order valence-electron chi connectivity index (χ0n) is 11.7. The molecular formula is C15H20BrNO2. The number of carbonyl (C=O) groups excluding carboxylic acids is 1. The van der Waals surface area contributed by atoms with Crippen molar-refractivity contribution in [3.63, 3.8) is 0 Å². The Kier molecular flexibility index (Phi) is 4.31. The molecule has 0 unspecified atom stereocenters. The highest BCUT2D eigenvalue weighted by Crippen LogP contribution is 2.38. The molecule has 4 heteroatoms. The summed E-state index contributed by atoms with van der Waals surface area (Å²) in [7, 11) is 3.65. The molecule has 1 aliphatic rings. The van der Waals surface area contributed by atoms with Crippen LogP contribution in [0.15, 0.2) is 22.7 Å². The van der Waals surface area contributed by atoms with E-state index < -0.39 is 5.41 Å². The molecule has 0 radical (unpaired) electrons. The fourth-order valence-electron chi connectivity index (χ4n) is 2.91. The van der Waals surface area contributed by atoms with Gasteiger partial charge in [-0.15, -0.1) is 0 Å². The first-order chi connectivity index (χ1) is 8.97. The number of amides is 1. The summed E-state index contributed by atoms with van der Waals surface area (Å²) in [6.07, 6.45) is 1.51. The lowest BCUT2D eigenvalue weighted by Gasteiger charge is -2.39. The van der Waals surface area contributed by atoms with E-state index in [1.807, 2.05) is 20.2 Å². The van der Waals surface area contributed by atoms with Gasteiger partial charge >= 0.3 is 0 Å². The van der Waals surface area contributed by atoms with Gasteiger partial charge in [-0.05, 0) is 43.0 Å². The van der Waals surface area contributed by atoms with Crippen LogP contribution in [0.2, 0.25) is 0 Å². The van der Waals surface area contributed by atoms with Gasteiger partial charge in [0.2, 0.25) is 5.91 Å². The second kappa shape index (κ2) is 5.63. The van der Waals surface area contributed by atoms with Crippen molar-refractivity contribution in [1.82, 2.24) is 4.90 Å². The summed E-state index contributed by atoms with van der Waals surface area (Å²) < 4.78 is 6.51. The van der Waals surface area contributed by atoms with E-state index in [9.17, 15) is 4.79 Å². The largest absolute Gasteiger partial charge is 0.381 e. The maximum atomic E-state index is 12.7. The molecule has 1 aromatic carbocycles. The van der Waals surface area contributed by atoms with Crippen molar-refractivity contribution in [3.05, 3.63) is 33.8 Å². The van der Waals surface area contributed by atoms with Gasteiger partial charge in [0.25, 0.3) is 0 Å². The second-order valence-corrected chi connectivity index (χ2v) is 6.27. The number of benzene rings is 1. The first kappa shape index (κ1) is 14.5. The van der Waals surface area contributed by atoms with Gasteiger partial charge in [-0.25, -0.2) is 0 Å². The molecule has 1 saturated heterocycles. The number of ether oxygens (including phenoxy) is 1. The van der Waals surface area contributed by atoms with Crippen LogP contribution >= 0.6 is 15.9 Å². The SMILES string of the molecule is Cc1cc(Br)ccc1C1(C(=O)N(C)C)CCOCC1. The predicted octanol–water partition coefficient (Wildman–Crippen LogP) is 2.89. The average Bonchev–Trinajstić information content (AvgIpc) is 2.38. The lowest BCUT2D eigenvalue weighted by molar-refractivity contribution is -0.138. The Morgan fingerprint density at radius 3 is 2.47 bits per heavy atom. The molecule has 1 fully saturated rings. The summed E-state index contributed by atoms with van der Waals surface area (Å²) in [5.41, 5.74) is 1.87. The summed E-state index contributed by atoms with van der Waals surface area (Å²) in [6.45, 7) is 3.37. The van der Waals surface area contributed by atoms with Crippen molar-refractivity contribution in [2.24, 2.45) is 0 Å². The van der Waals surface area contributed by atoms with Gasteiger partial charge in [0.05, 0.1) is 5.41 Å². The van der Waals surface area contributed by atoms with E-state index in [0.717, 1.165) is 28.4 Å². The topological polar surface area (TPSA) is 29.5 Å². The smallest absolute Gasteiger partial charge is 0.232 e. The number of nitrogens with zero attached hydrogens (tertiary/aromatic N) is 1. The van der Waals surface area contributed by atoms with Crippen LogP contribution in [0, 0.1) is 6.92 Å². The van der Waals surface area contributed by atoms with Gasteiger partial charge in [0, 0.05) is 31.8 Å². The molecule has 0 N–H and O–H groups in total. The van der Waals surface area contributed by atoms with Crippen LogP contribution in [-0.2, 0) is 14.9 Å². The van der Waals surface area contributed by atoms with Crippen LogP contribution in [0.4, 0.5) is 0 Å². The van der Waals surface area contributed by atoms with E-state index in [1.165, 1.54) is 0 Å². The number of carbonyl (C=O) groups is 1. The number of likely N-dealkylation sites (N-methyl/N-ethyl adjacent to an activating group) is 1. The number of halogens is 1. The van der Waals surface area contributed by atoms with E-state index in [0.29, 0.717) is 13.2 Å². The molecule has 1 heterocycles. The lowest BCUT2D eigenvalue weighted by atomic mass is 9.71. The summed E-state index contributed by atoms with van der Waals surface area (Å²) >= 11 is 3.48. The molecule has 0 saturated carbocycles. The van der Waals surface area contributed by atoms with E-state index in [1.54, 1.807) is 4.90 Å². The van der Waals surface area contributed by atoms with Crippen molar-refractivity contribution < 1.29 is 9.53 Å². The van der Waals surface area contributed by atoms with Crippen LogP contribution in [0.3, 0.4) is 0 Å². The minimum atomic E-state index is -0.424. The maximum Gasteiger partial charge on any atom is 0.232 e. The zero-order chi connectivity index (χ0) is 14.0. The van der Waals surface area contributed by atoms with Gasteiger partial charge in [0.15, 0.2) is 0 Å². The first-order valence-corrected chi connectivity index (χ1v) is 7.33. The van der Waals surface area contributed by atoms with Crippen LogP contribution in [-0.4, -0.2) is 38.1 Å². The third-order valence-electron chi connectivity index (χ3n) is 3.87. The van der Waals surface area contributed by atoms with Crippen molar-refractivity contribution >= 4 is 21.8 Å². The highest BCUT2D eigenvalue weighted by Gasteiger charge is 2.43. The molecule has 104 valence electrons. The number of aryl methyl sites for hydroxylation is 1. The highest BCUT2D eigenvalue weighted by atomic mass is 79.9. The minimum absolute atomic E-state index is 0.182. The van der Waals surface area contributed by atoms with Gasteiger partial charge in [-0.3, -0.25) is 4.79 Å². The van der Waals surface area contributed by atoms with Gasteiger partial charge in [-0.1, -0.05) is 22.0 Å². The first-order valence-electron chi connectivity index (χ1n) is 6.53. The summed E-state index contributed by atoms with van der Waals surface area (Å²) in [6, 6.07) is 6.17. The third-order valence-corrected chi connectivity index (χ3v) is 4.36. The minimum Gasteiger partial charge on any atom is -0.381 e. The van der Waals surface area contributed by atoms with Crippen molar-refractivity contribution in [3.8, 4) is 0 Å². The fraction of sp³-hybridized carbons (Fsp3) is 0.533. The Bertz CT molecular complexity index is 479. The second-order valence-electron chi connectivity index (χ2n) is 5.35. The van der Waals surface area contributed by atoms with Gasteiger partial charge in [0.1, 0.15) is 0 Å². The molecule has 3 nitrogen and oxygen atoms in total. The van der Waals surface area contributed by atoms with Crippen LogP contribution in [0.1, 0.15) is 24.0 Å². The van der Waals surface area contributed by atoms with Gasteiger partial charge < -0.3 is 9.64 Å². The Morgan fingerprint density at radius 2 is 1.95 bits per heavy atom. The molecule has 0 atom stereocenters. The molecule has 0 bridgehead atoms. The van der Waals surface area contributed by atoms with E-state index >= 15 is 0 Å². The molecule has 1 amide bonds. The average molecular weight is 326 g/mol. The normalized spacial score (nSPS) is 18.1. The van der Waals surface area contributed by atoms with Crippen LogP contribution in [0.5, 0.6) is 0 Å². The number of hydrogen-bond donors (Lipinski definition) is 0. The third kappa shape index (κ3) is 2.70. The summed E-state index contributed by atoms with van der Waals surface area (Å²) in [4.78, 5) is 14.4. The van der Waals surface area contributed by atoms with E-state index in [4.69, 9.17) is 4.74 Å². The van der Waals surface area contributed by atoms with Crippen molar-refractivity contribution in [2.75, 3.05) is 27.3 Å². The molecule has 1 aliphatic heterocycles. The van der Waals surface area contributed by atoms with Crippen LogP contribution in [0.25, 0.3) is 0 Å². The molecule has 0 aromatic heterocycles. The predicted molar refractivity (Wildman–Crippen MR) is 79.3 cm³/mol. The number of rotatable bonds is 2. The van der Waals surface area contributed by atoms with E-state index in [2.05, 4.69) is 35.0 Å². The van der Waals surface area contributed by atoms with Crippen molar-refractivity contribution in [1.29, 1.82) is 0 Å².